The molecule has 0 aromatic carbocycles. The molecule has 2 atom stereocenters. The fraction of sp³-hybridized carbons (Fsp3) is 0.778. The molecule has 0 aliphatic heterocycles. The van der Waals surface area contributed by atoms with Gasteiger partial charge in [-0.05, 0) is 25.2 Å². The Bertz CT molecular complexity index is 234. The molecule has 4 heteroatoms. The number of carbonyl (C=O) groups is 1. The normalized spacial score (nSPS) is 27.5. The van der Waals surface area contributed by atoms with Crippen LogP contribution >= 0.6 is 0 Å². The van der Waals surface area contributed by atoms with Crippen molar-refractivity contribution in [1.82, 2.24) is 0 Å². The van der Waals surface area contributed by atoms with E-state index in [1.165, 1.54) is 6.42 Å². The van der Waals surface area contributed by atoms with Crippen molar-refractivity contribution in [2.75, 3.05) is 0 Å². The van der Waals surface area contributed by atoms with Gasteiger partial charge in [0.2, 0.25) is 0 Å². The number of carbonyl (C=O) groups excluding carboxylic acids is 1. The molecule has 0 spiro atoms. The molecule has 1 aliphatic rings. The summed E-state index contributed by atoms with van der Waals surface area (Å²) in [6, 6.07) is 0. The summed E-state index contributed by atoms with van der Waals surface area (Å²) in [6.07, 6.45) is 5.14. The Morgan fingerprint density at radius 3 is 2.85 bits per heavy atom. The van der Waals surface area contributed by atoms with Gasteiger partial charge in [-0.3, -0.25) is 0 Å². The molecule has 0 radical (unpaired) electrons. The summed E-state index contributed by atoms with van der Waals surface area (Å²) in [4.78, 5) is 13.6. The third-order valence-electron chi connectivity index (χ3n) is 2.46. The van der Waals surface area contributed by atoms with Gasteiger partial charge in [0.05, 0.1) is 0 Å². The lowest BCUT2D eigenvalue weighted by Gasteiger charge is -2.27. The number of hydrogen-bond donors (Lipinski definition) is 0. The van der Waals surface area contributed by atoms with E-state index in [2.05, 4.69) is 11.7 Å². The summed E-state index contributed by atoms with van der Waals surface area (Å²) in [5.74, 6) is -0.133. The van der Waals surface area contributed by atoms with Crippen LogP contribution in [0.1, 0.15) is 32.6 Å². The molecular formula is C9H14N2O2. The van der Waals surface area contributed by atoms with Crippen LogP contribution in [0.4, 0.5) is 0 Å². The third-order valence-corrected chi connectivity index (χ3v) is 2.46. The summed E-state index contributed by atoms with van der Waals surface area (Å²) >= 11 is 0. The maximum atomic E-state index is 10.9. The van der Waals surface area contributed by atoms with Crippen molar-refractivity contribution in [3.63, 3.8) is 0 Å². The zero-order valence-corrected chi connectivity index (χ0v) is 7.77. The molecule has 0 unspecified atom stereocenters. The van der Waals surface area contributed by atoms with Crippen molar-refractivity contribution in [2.24, 2.45) is 5.92 Å². The molecule has 0 heterocycles. The molecule has 0 N–H and O–H groups in total. The van der Waals surface area contributed by atoms with Crippen LogP contribution in [-0.4, -0.2) is 23.1 Å². The second-order valence-electron chi connectivity index (χ2n) is 3.48. The van der Waals surface area contributed by atoms with E-state index in [-0.39, 0.29) is 6.10 Å². The Kier molecular flexibility index (Phi) is 3.65. The van der Waals surface area contributed by atoms with Crippen LogP contribution < -0.4 is 0 Å². The van der Waals surface area contributed by atoms with Gasteiger partial charge in [-0.15, -0.1) is 0 Å². The number of ether oxygens (including phenoxy) is 1. The molecule has 4 nitrogen and oxygen atoms in total. The van der Waals surface area contributed by atoms with Gasteiger partial charge in [-0.25, -0.2) is 4.79 Å². The smallest absolute Gasteiger partial charge is 0.413 e. The predicted molar refractivity (Wildman–Crippen MR) is 47.2 cm³/mol. The summed E-state index contributed by atoms with van der Waals surface area (Å²) in [5.41, 5.74) is 8.10. The molecule has 72 valence electrons. The first-order chi connectivity index (χ1) is 6.24. The van der Waals surface area contributed by atoms with Crippen molar-refractivity contribution < 1.29 is 14.3 Å². The molecule has 0 amide bonds. The Hall–Kier alpha value is -1.15. The highest BCUT2D eigenvalue weighted by atomic mass is 16.5. The maximum absolute atomic E-state index is 10.9. The van der Waals surface area contributed by atoms with E-state index < -0.39 is 5.97 Å². The van der Waals surface area contributed by atoms with Gasteiger partial charge in [0, 0.05) is 0 Å². The minimum atomic E-state index is -0.554. The molecule has 13 heavy (non-hydrogen) atoms. The summed E-state index contributed by atoms with van der Waals surface area (Å²) < 4.78 is 5.10. The van der Waals surface area contributed by atoms with Crippen LogP contribution in [0.2, 0.25) is 0 Å². The summed E-state index contributed by atoms with van der Waals surface area (Å²) in [5, 5.41) is 0. The van der Waals surface area contributed by atoms with Crippen molar-refractivity contribution in [2.45, 2.75) is 38.7 Å². The standard InChI is InChI=1S/C9H14N2O2/c1-7-4-2-3-5-8(7)13-9(12)6-11-10/h6-8H,2-5H2,1H3/t7-,8-/m1/s1. The first-order valence-corrected chi connectivity index (χ1v) is 4.62. The van der Waals surface area contributed by atoms with Gasteiger partial charge in [0.1, 0.15) is 6.10 Å². The van der Waals surface area contributed by atoms with E-state index in [1.54, 1.807) is 0 Å². The van der Waals surface area contributed by atoms with Gasteiger partial charge in [0.15, 0.2) is 0 Å². The first-order valence-electron chi connectivity index (χ1n) is 4.62. The highest BCUT2D eigenvalue weighted by molar-refractivity contribution is 6.20. The van der Waals surface area contributed by atoms with Crippen LogP contribution in [0.5, 0.6) is 0 Å². The topological polar surface area (TPSA) is 62.7 Å². The van der Waals surface area contributed by atoms with Crippen molar-refractivity contribution >= 4 is 12.2 Å². The maximum Gasteiger partial charge on any atom is 0.413 e. The quantitative estimate of drug-likeness (QED) is 0.280. The minimum absolute atomic E-state index is 0.000694. The second kappa shape index (κ2) is 4.77. The molecule has 0 bridgehead atoms. The van der Waals surface area contributed by atoms with E-state index in [0.717, 1.165) is 25.5 Å². The lowest BCUT2D eigenvalue weighted by molar-refractivity contribution is -0.148. The van der Waals surface area contributed by atoms with Gasteiger partial charge in [0.25, 0.3) is 0 Å². The van der Waals surface area contributed by atoms with Gasteiger partial charge >= 0.3 is 12.2 Å². The van der Waals surface area contributed by atoms with Crippen molar-refractivity contribution in [1.29, 1.82) is 0 Å². The highest BCUT2D eigenvalue weighted by Crippen LogP contribution is 2.25. The molecule has 0 aromatic heterocycles. The zero-order chi connectivity index (χ0) is 9.68. The SMILES string of the molecule is C[C@@H]1CCCC[C@H]1OC(=O)C=[N+]=[N-]. The monoisotopic (exact) mass is 182 g/mol. The average molecular weight is 182 g/mol. The zero-order valence-electron chi connectivity index (χ0n) is 7.77. The molecule has 1 aliphatic carbocycles. The average Bonchev–Trinajstić information content (AvgIpc) is 2.09. The van der Waals surface area contributed by atoms with Gasteiger partial charge in [-0.2, -0.15) is 4.79 Å². The number of nitrogens with zero attached hydrogens (tertiary/aromatic N) is 2. The fourth-order valence-electron chi connectivity index (χ4n) is 1.68. The van der Waals surface area contributed by atoms with Crippen LogP contribution in [0, 0.1) is 5.92 Å². The van der Waals surface area contributed by atoms with Crippen LogP contribution in [0.25, 0.3) is 5.53 Å². The summed E-state index contributed by atoms with van der Waals surface area (Å²) in [6.45, 7) is 2.08. The van der Waals surface area contributed by atoms with Crippen molar-refractivity contribution in [3.05, 3.63) is 5.53 Å². The molecule has 1 rings (SSSR count). The lowest BCUT2D eigenvalue weighted by Crippen LogP contribution is -2.28. The summed E-state index contributed by atoms with van der Waals surface area (Å²) in [7, 11) is 0. The first kappa shape index (κ1) is 9.93. The highest BCUT2D eigenvalue weighted by Gasteiger charge is 2.24. The minimum Gasteiger partial charge on any atom is -0.454 e. The van der Waals surface area contributed by atoms with Gasteiger partial charge in [-0.1, -0.05) is 13.3 Å². The second-order valence-corrected chi connectivity index (χ2v) is 3.48. The predicted octanol–water partition coefficient (Wildman–Crippen LogP) is 1.41. The Balaban J connectivity index is 2.42. The third kappa shape index (κ3) is 2.99. The lowest BCUT2D eigenvalue weighted by atomic mass is 9.88. The number of esters is 1. The molecule has 0 saturated heterocycles. The Morgan fingerprint density at radius 1 is 1.54 bits per heavy atom. The van der Waals surface area contributed by atoms with Gasteiger partial charge < -0.3 is 10.3 Å². The van der Waals surface area contributed by atoms with E-state index in [1.807, 2.05) is 0 Å². The van der Waals surface area contributed by atoms with E-state index in [9.17, 15) is 4.79 Å². The van der Waals surface area contributed by atoms with Crippen LogP contribution in [0.15, 0.2) is 0 Å². The molecular weight excluding hydrogens is 168 g/mol. The number of rotatable bonds is 2. The van der Waals surface area contributed by atoms with Crippen LogP contribution in [-0.2, 0) is 9.53 Å². The molecule has 1 fully saturated rings. The molecule has 0 aromatic rings. The van der Waals surface area contributed by atoms with Crippen molar-refractivity contribution in [3.8, 4) is 0 Å². The number of hydrogen-bond acceptors (Lipinski definition) is 2. The largest absolute Gasteiger partial charge is 0.454 e. The Morgan fingerprint density at radius 2 is 2.23 bits per heavy atom. The van der Waals surface area contributed by atoms with E-state index in [0.29, 0.717) is 5.92 Å². The van der Waals surface area contributed by atoms with E-state index >= 15 is 0 Å². The van der Waals surface area contributed by atoms with Crippen LogP contribution in [0.3, 0.4) is 0 Å². The molecule has 1 saturated carbocycles. The fourth-order valence-corrected chi connectivity index (χ4v) is 1.68. The Labute approximate surface area is 77.5 Å². The van der Waals surface area contributed by atoms with E-state index in [4.69, 9.17) is 10.3 Å².